The van der Waals surface area contributed by atoms with Crippen LogP contribution in [-0.4, -0.2) is 30.3 Å². The highest BCUT2D eigenvalue weighted by molar-refractivity contribution is 5.70. The van der Waals surface area contributed by atoms with Crippen molar-refractivity contribution in [3.63, 3.8) is 0 Å². The SMILES string of the molecule is COc1nc(CC(=O)O)cc(C(F)F)c1OC. The summed E-state index contributed by atoms with van der Waals surface area (Å²) in [6.07, 6.45) is -3.26. The highest BCUT2D eigenvalue weighted by Gasteiger charge is 2.21. The number of hydrogen-bond donors (Lipinski definition) is 1. The van der Waals surface area contributed by atoms with Gasteiger partial charge in [-0.15, -0.1) is 0 Å². The number of alkyl halides is 2. The van der Waals surface area contributed by atoms with Crippen molar-refractivity contribution in [1.82, 2.24) is 4.98 Å². The highest BCUT2D eigenvalue weighted by Crippen LogP contribution is 2.36. The van der Waals surface area contributed by atoms with Gasteiger partial charge in [-0.05, 0) is 6.07 Å². The van der Waals surface area contributed by atoms with E-state index in [4.69, 9.17) is 14.6 Å². The highest BCUT2D eigenvalue weighted by atomic mass is 19.3. The van der Waals surface area contributed by atoms with Gasteiger partial charge in [-0.3, -0.25) is 4.79 Å². The molecule has 0 spiro atoms. The van der Waals surface area contributed by atoms with Crippen LogP contribution in [0, 0.1) is 0 Å². The van der Waals surface area contributed by atoms with E-state index >= 15 is 0 Å². The van der Waals surface area contributed by atoms with Crippen LogP contribution in [0.25, 0.3) is 0 Å². The summed E-state index contributed by atoms with van der Waals surface area (Å²) in [6, 6.07) is 1.00. The van der Waals surface area contributed by atoms with Crippen LogP contribution in [0.1, 0.15) is 17.7 Å². The van der Waals surface area contributed by atoms with Gasteiger partial charge in [-0.25, -0.2) is 13.8 Å². The number of aliphatic carboxylic acids is 1. The summed E-state index contributed by atoms with van der Waals surface area (Å²) in [7, 11) is 2.45. The zero-order chi connectivity index (χ0) is 13.0. The monoisotopic (exact) mass is 247 g/mol. The summed E-state index contributed by atoms with van der Waals surface area (Å²) in [5, 5.41) is 8.59. The molecule has 0 aromatic carbocycles. The number of aromatic nitrogens is 1. The lowest BCUT2D eigenvalue weighted by atomic mass is 10.1. The van der Waals surface area contributed by atoms with Crippen molar-refractivity contribution in [3.05, 3.63) is 17.3 Å². The van der Waals surface area contributed by atoms with E-state index in [1.807, 2.05) is 0 Å². The number of carboxylic acids is 1. The Balaban J connectivity index is 3.29. The van der Waals surface area contributed by atoms with Gasteiger partial charge in [0.15, 0.2) is 5.75 Å². The minimum absolute atomic E-state index is 0.00884. The molecule has 0 aliphatic heterocycles. The van der Waals surface area contributed by atoms with Crippen molar-refractivity contribution in [3.8, 4) is 11.6 Å². The fourth-order valence-electron chi connectivity index (χ4n) is 1.33. The van der Waals surface area contributed by atoms with Crippen molar-refractivity contribution in [2.45, 2.75) is 12.8 Å². The first kappa shape index (κ1) is 13.1. The van der Waals surface area contributed by atoms with E-state index in [-0.39, 0.29) is 17.3 Å². The van der Waals surface area contributed by atoms with Gasteiger partial charge in [0.2, 0.25) is 0 Å². The molecule has 0 saturated carbocycles. The smallest absolute Gasteiger partial charge is 0.309 e. The zero-order valence-electron chi connectivity index (χ0n) is 9.24. The number of hydrogen-bond acceptors (Lipinski definition) is 4. The fourth-order valence-corrected chi connectivity index (χ4v) is 1.33. The summed E-state index contributed by atoms with van der Waals surface area (Å²) < 4.78 is 35.0. The van der Waals surface area contributed by atoms with Crippen molar-refractivity contribution >= 4 is 5.97 Å². The van der Waals surface area contributed by atoms with Crippen LogP contribution in [0.15, 0.2) is 6.07 Å². The molecule has 0 bridgehead atoms. The minimum Gasteiger partial charge on any atom is -0.491 e. The second-order valence-corrected chi connectivity index (χ2v) is 3.12. The maximum atomic E-state index is 12.7. The molecular formula is C10H11F2NO4. The minimum atomic E-state index is -2.80. The first-order valence-electron chi connectivity index (χ1n) is 4.61. The van der Waals surface area contributed by atoms with E-state index in [0.29, 0.717) is 0 Å². The lowest BCUT2D eigenvalue weighted by Crippen LogP contribution is -2.06. The van der Waals surface area contributed by atoms with E-state index in [2.05, 4.69) is 4.98 Å². The summed E-state index contributed by atoms with van der Waals surface area (Å²) in [6.45, 7) is 0. The van der Waals surface area contributed by atoms with Crippen LogP contribution in [-0.2, 0) is 11.2 Å². The molecule has 94 valence electrons. The fraction of sp³-hybridized carbons (Fsp3) is 0.400. The first-order chi connectivity index (χ1) is 7.99. The van der Waals surface area contributed by atoms with Crippen LogP contribution in [0.4, 0.5) is 8.78 Å². The van der Waals surface area contributed by atoms with E-state index in [1.54, 1.807) is 0 Å². The Morgan fingerprint density at radius 2 is 2.12 bits per heavy atom. The second kappa shape index (κ2) is 5.42. The third kappa shape index (κ3) is 3.02. The Kier molecular flexibility index (Phi) is 4.19. The van der Waals surface area contributed by atoms with Crippen molar-refractivity contribution in [1.29, 1.82) is 0 Å². The molecule has 1 aromatic heterocycles. The van der Waals surface area contributed by atoms with Gasteiger partial charge in [0.1, 0.15) is 0 Å². The summed E-state index contributed by atoms with van der Waals surface area (Å²) >= 11 is 0. The topological polar surface area (TPSA) is 68.7 Å². The van der Waals surface area contributed by atoms with Crippen LogP contribution in [0.5, 0.6) is 11.6 Å². The number of carbonyl (C=O) groups is 1. The molecule has 5 nitrogen and oxygen atoms in total. The van der Waals surface area contributed by atoms with Gasteiger partial charge < -0.3 is 14.6 Å². The number of pyridine rings is 1. The van der Waals surface area contributed by atoms with Gasteiger partial charge in [0.25, 0.3) is 12.3 Å². The average molecular weight is 247 g/mol. The molecule has 7 heteroatoms. The Morgan fingerprint density at radius 1 is 1.47 bits per heavy atom. The van der Waals surface area contributed by atoms with Gasteiger partial charge in [-0.2, -0.15) is 0 Å². The number of methoxy groups -OCH3 is 2. The third-order valence-electron chi connectivity index (χ3n) is 1.99. The lowest BCUT2D eigenvalue weighted by molar-refractivity contribution is -0.136. The number of nitrogens with zero attached hydrogens (tertiary/aromatic N) is 1. The van der Waals surface area contributed by atoms with Crippen LogP contribution in [0.3, 0.4) is 0 Å². The van der Waals surface area contributed by atoms with Gasteiger partial charge >= 0.3 is 5.97 Å². The largest absolute Gasteiger partial charge is 0.491 e. The molecule has 0 saturated heterocycles. The quantitative estimate of drug-likeness (QED) is 0.857. The van der Waals surface area contributed by atoms with Crippen LogP contribution in [0.2, 0.25) is 0 Å². The molecule has 1 aromatic rings. The Morgan fingerprint density at radius 3 is 2.53 bits per heavy atom. The number of rotatable bonds is 5. The predicted octanol–water partition coefficient (Wildman–Crippen LogP) is 1.66. The maximum absolute atomic E-state index is 12.7. The molecule has 0 aliphatic rings. The van der Waals surface area contributed by atoms with Crippen molar-refractivity contribution in [2.24, 2.45) is 0 Å². The first-order valence-corrected chi connectivity index (χ1v) is 4.61. The Hall–Kier alpha value is -1.92. The van der Waals surface area contributed by atoms with Crippen LogP contribution >= 0.6 is 0 Å². The molecule has 1 heterocycles. The van der Waals surface area contributed by atoms with Gasteiger partial charge in [0, 0.05) is 0 Å². The summed E-state index contributed by atoms with van der Waals surface area (Å²) in [5.41, 5.74) is -0.443. The van der Waals surface area contributed by atoms with Gasteiger partial charge in [-0.1, -0.05) is 0 Å². The van der Waals surface area contributed by atoms with Gasteiger partial charge in [0.05, 0.1) is 31.9 Å². The van der Waals surface area contributed by atoms with Crippen LogP contribution < -0.4 is 9.47 Å². The lowest BCUT2D eigenvalue weighted by Gasteiger charge is -2.12. The standard InChI is InChI=1S/C10H11F2NO4/c1-16-8-6(9(11)12)3-5(4-7(14)15)13-10(8)17-2/h3,9H,4H2,1-2H3,(H,14,15). The molecule has 17 heavy (non-hydrogen) atoms. The summed E-state index contributed by atoms with van der Waals surface area (Å²) in [4.78, 5) is 14.3. The average Bonchev–Trinajstić information content (AvgIpc) is 2.26. The second-order valence-electron chi connectivity index (χ2n) is 3.12. The zero-order valence-corrected chi connectivity index (χ0v) is 9.24. The molecule has 1 rings (SSSR count). The normalized spacial score (nSPS) is 10.4. The Bertz CT molecular complexity index is 423. The number of ether oxygens (including phenoxy) is 2. The number of carboxylic acid groups (broad SMARTS) is 1. The van der Waals surface area contributed by atoms with Crippen molar-refractivity contribution in [2.75, 3.05) is 14.2 Å². The molecule has 0 radical (unpaired) electrons. The maximum Gasteiger partial charge on any atom is 0.309 e. The molecule has 0 amide bonds. The van der Waals surface area contributed by atoms with Crippen molar-refractivity contribution < 1.29 is 28.2 Å². The Labute approximate surface area is 96.0 Å². The van der Waals surface area contributed by atoms with E-state index < -0.39 is 24.4 Å². The predicted molar refractivity (Wildman–Crippen MR) is 53.6 cm³/mol. The molecular weight excluding hydrogens is 236 g/mol. The molecule has 0 unspecified atom stereocenters. The molecule has 0 atom stereocenters. The molecule has 1 N–H and O–H groups in total. The van der Waals surface area contributed by atoms with E-state index in [0.717, 1.165) is 6.07 Å². The van der Waals surface area contributed by atoms with E-state index in [9.17, 15) is 13.6 Å². The molecule has 0 fully saturated rings. The van der Waals surface area contributed by atoms with E-state index in [1.165, 1.54) is 14.2 Å². The molecule has 0 aliphatic carbocycles. The number of halogens is 2. The third-order valence-corrected chi connectivity index (χ3v) is 1.99. The summed E-state index contributed by atoms with van der Waals surface area (Å²) in [5.74, 6) is -1.50.